The molecule has 2 N–H and O–H groups in total. The van der Waals surface area contributed by atoms with E-state index in [-0.39, 0.29) is 0 Å². The van der Waals surface area contributed by atoms with Gasteiger partial charge in [0, 0.05) is 24.7 Å². The highest BCUT2D eigenvalue weighted by molar-refractivity contribution is 5.64. The van der Waals surface area contributed by atoms with E-state index in [1.54, 1.807) is 0 Å². The van der Waals surface area contributed by atoms with Crippen molar-refractivity contribution in [2.24, 2.45) is 5.92 Å². The van der Waals surface area contributed by atoms with Gasteiger partial charge < -0.3 is 10.6 Å². The Bertz CT molecular complexity index is 593. The van der Waals surface area contributed by atoms with Crippen LogP contribution in [0, 0.1) is 5.92 Å². The van der Waals surface area contributed by atoms with Gasteiger partial charge in [-0.15, -0.1) is 6.58 Å². The number of benzene rings is 1. The average molecular weight is 296 g/mol. The second-order valence-corrected chi connectivity index (χ2v) is 5.61. The summed E-state index contributed by atoms with van der Waals surface area (Å²) in [4.78, 5) is 9.13. The summed E-state index contributed by atoms with van der Waals surface area (Å²) in [7, 11) is 0. The summed E-state index contributed by atoms with van der Waals surface area (Å²) in [6.45, 7) is 9.69. The van der Waals surface area contributed by atoms with Crippen molar-refractivity contribution in [2.75, 3.05) is 23.7 Å². The molecule has 0 radical (unpaired) electrons. The van der Waals surface area contributed by atoms with Gasteiger partial charge in [0.2, 0.25) is 5.95 Å². The molecule has 1 heterocycles. The van der Waals surface area contributed by atoms with Crippen LogP contribution in [0.15, 0.2) is 49.1 Å². The molecule has 0 aliphatic carbocycles. The first kappa shape index (κ1) is 16.0. The highest BCUT2D eigenvalue weighted by Gasteiger charge is 2.06. The van der Waals surface area contributed by atoms with Crippen molar-refractivity contribution in [3.63, 3.8) is 0 Å². The highest BCUT2D eigenvalue weighted by atomic mass is 15.1. The Morgan fingerprint density at radius 1 is 1.14 bits per heavy atom. The number of nitrogens with zero attached hydrogens (tertiary/aromatic N) is 2. The summed E-state index contributed by atoms with van der Waals surface area (Å²) >= 11 is 0. The minimum absolute atomic E-state index is 0.656. The molecule has 2 rings (SSSR count). The molecule has 1 aromatic carbocycles. The summed E-state index contributed by atoms with van der Waals surface area (Å²) < 4.78 is 0. The zero-order valence-corrected chi connectivity index (χ0v) is 13.3. The predicted molar refractivity (Wildman–Crippen MR) is 94.1 cm³/mol. The number of hydrogen-bond acceptors (Lipinski definition) is 4. The molecule has 0 aliphatic rings. The van der Waals surface area contributed by atoms with Crippen LogP contribution >= 0.6 is 0 Å². The van der Waals surface area contributed by atoms with Gasteiger partial charge in [0.25, 0.3) is 0 Å². The molecule has 0 fully saturated rings. The zero-order valence-electron chi connectivity index (χ0n) is 13.3. The topological polar surface area (TPSA) is 49.8 Å². The molecular weight excluding hydrogens is 272 g/mol. The molecule has 22 heavy (non-hydrogen) atoms. The molecule has 2 aromatic rings. The molecule has 0 atom stereocenters. The summed E-state index contributed by atoms with van der Waals surface area (Å²) in [5.74, 6) is 2.12. The molecule has 0 saturated carbocycles. The molecule has 0 spiro atoms. The Kier molecular flexibility index (Phi) is 5.95. The number of nitrogens with one attached hydrogen (secondary N) is 2. The lowest BCUT2D eigenvalue weighted by molar-refractivity contribution is 0.606. The van der Waals surface area contributed by atoms with Crippen LogP contribution in [-0.2, 0) is 0 Å². The molecule has 1 aromatic heterocycles. The van der Waals surface area contributed by atoms with Gasteiger partial charge in [-0.3, -0.25) is 0 Å². The Labute approximate surface area is 132 Å². The number of hydrogen-bond donors (Lipinski definition) is 2. The summed E-state index contributed by atoms with van der Waals surface area (Å²) in [6.07, 6.45) is 2.91. The summed E-state index contributed by atoms with van der Waals surface area (Å²) in [6, 6.07) is 12.1. The molecule has 4 nitrogen and oxygen atoms in total. The fraction of sp³-hybridized carbons (Fsp3) is 0.333. The van der Waals surface area contributed by atoms with E-state index in [2.05, 4.69) is 53.2 Å². The fourth-order valence-corrected chi connectivity index (χ4v) is 2.02. The van der Waals surface area contributed by atoms with Gasteiger partial charge in [-0.2, -0.15) is 4.98 Å². The van der Waals surface area contributed by atoms with Crippen LogP contribution in [0.2, 0.25) is 0 Å². The number of rotatable bonds is 8. The Morgan fingerprint density at radius 2 is 1.91 bits per heavy atom. The maximum absolute atomic E-state index is 4.62. The van der Waals surface area contributed by atoms with Crippen LogP contribution in [0.3, 0.4) is 0 Å². The van der Waals surface area contributed by atoms with Crippen LogP contribution < -0.4 is 10.6 Å². The third-order valence-corrected chi connectivity index (χ3v) is 3.23. The average Bonchev–Trinajstić information content (AvgIpc) is 2.53. The van der Waals surface area contributed by atoms with Gasteiger partial charge in [-0.05, 0) is 12.3 Å². The minimum atomic E-state index is 0.656. The first-order chi connectivity index (χ1) is 10.7. The van der Waals surface area contributed by atoms with Gasteiger partial charge >= 0.3 is 0 Å². The van der Waals surface area contributed by atoms with Gasteiger partial charge in [-0.1, -0.05) is 50.3 Å². The van der Waals surface area contributed by atoms with E-state index in [0.29, 0.717) is 18.4 Å². The normalized spacial score (nSPS) is 10.5. The fourth-order valence-electron chi connectivity index (χ4n) is 2.02. The second-order valence-electron chi connectivity index (χ2n) is 5.61. The Morgan fingerprint density at radius 3 is 2.59 bits per heavy atom. The van der Waals surface area contributed by atoms with E-state index in [1.165, 1.54) is 0 Å². The van der Waals surface area contributed by atoms with Gasteiger partial charge in [0.1, 0.15) is 5.82 Å². The Hall–Kier alpha value is -2.36. The molecule has 116 valence electrons. The quantitative estimate of drug-likeness (QED) is 0.717. The largest absolute Gasteiger partial charge is 0.366 e. The molecule has 0 amide bonds. The van der Waals surface area contributed by atoms with Crippen molar-refractivity contribution in [1.82, 2.24) is 9.97 Å². The van der Waals surface area contributed by atoms with Crippen molar-refractivity contribution < 1.29 is 0 Å². The predicted octanol–water partition coefficient (Wildman–Crippen LogP) is 4.20. The first-order valence-corrected chi connectivity index (χ1v) is 7.72. The van der Waals surface area contributed by atoms with E-state index < -0.39 is 0 Å². The lowest BCUT2D eigenvalue weighted by Crippen LogP contribution is -2.10. The third kappa shape index (κ3) is 4.88. The molecule has 0 bridgehead atoms. The van der Waals surface area contributed by atoms with Crippen molar-refractivity contribution in [2.45, 2.75) is 20.3 Å². The lowest BCUT2D eigenvalue weighted by Gasteiger charge is -2.11. The number of anilines is 2. The summed E-state index contributed by atoms with van der Waals surface area (Å²) in [5, 5.41) is 6.55. The first-order valence-electron chi connectivity index (χ1n) is 7.72. The number of aromatic nitrogens is 2. The van der Waals surface area contributed by atoms with Crippen LogP contribution in [0.25, 0.3) is 11.3 Å². The minimum Gasteiger partial charge on any atom is -0.366 e. The van der Waals surface area contributed by atoms with Gasteiger partial charge in [-0.25, -0.2) is 4.98 Å². The lowest BCUT2D eigenvalue weighted by atomic mass is 10.1. The van der Waals surface area contributed by atoms with E-state index in [1.807, 2.05) is 30.3 Å². The molecule has 4 heteroatoms. The molecule has 0 saturated heterocycles. The maximum atomic E-state index is 4.62. The Balaban J connectivity index is 2.22. The third-order valence-electron chi connectivity index (χ3n) is 3.23. The zero-order chi connectivity index (χ0) is 15.8. The van der Waals surface area contributed by atoms with Crippen molar-refractivity contribution in [3.8, 4) is 11.3 Å². The van der Waals surface area contributed by atoms with E-state index in [4.69, 9.17) is 0 Å². The van der Waals surface area contributed by atoms with E-state index >= 15 is 0 Å². The van der Waals surface area contributed by atoms with Crippen molar-refractivity contribution in [3.05, 3.63) is 49.1 Å². The standard InChI is InChI=1S/C18H24N4/c1-4-11-19-17-13-16(15-8-6-5-7-9-15)21-18(22-17)20-12-10-14(2)3/h4-9,13-14H,1,10-12H2,2-3H3,(H2,19,20,21,22). The van der Waals surface area contributed by atoms with Crippen LogP contribution in [0.5, 0.6) is 0 Å². The van der Waals surface area contributed by atoms with Crippen LogP contribution in [0.4, 0.5) is 11.8 Å². The van der Waals surface area contributed by atoms with Gasteiger partial charge in [0.05, 0.1) is 5.69 Å². The van der Waals surface area contributed by atoms with Crippen LogP contribution in [-0.4, -0.2) is 23.1 Å². The van der Waals surface area contributed by atoms with E-state index in [9.17, 15) is 0 Å². The molecular formula is C18H24N4. The second kappa shape index (κ2) is 8.17. The van der Waals surface area contributed by atoms with Crippen LogP contribution in [0.1, 0.15) is 20.3 Å². The molecule has 0 unspecified atom stereocenters. The monoisotopic (exact) mass is 296 g/mol. The molecule has 0 aliphatic heterocycles. The van der Waals surface area contributed by atoms with E-state index in [0.717, 1.165) is 30.0 Å². The maximum Gasteiger partial charge on any atom is 0.225 e. The summed E-state index contributed by atoms with van der Waals surface area (Å²) in [5.41, 5.74) is 1.99. The van der Waals surface area contributed by atoms with Crippen molar-refractivity contribution in [1.29, 1.82) is 0 Å². The SMILES string of the molecule is C=CCNc1cc(-c2ccccc2)nc(NCCC(C)C)n1. The van der Waals surface area contributed by atoms with Crippen molar-refractivity contribution >= 4 is 11.8 Å². The highest BCUT2D eigenvalue weighted by Crippen LogP contribution is 2.21. The smallest absolute Gasteiger partial charge is 0.225 e. The van der Waals surface area contributed by atoms with Gasteiger partial charge in [0.15, 0.2) is 0 Å².